The highest BCUT2D eigenvalue weighted by Crippen LogP contribution is 2.30. The molecule has 0 bridgehead atoms. The van der Waals surface area contributed by atoms with Crippen LogP contribution >= 0.6 is 0 Å². The van der Waals surface area contributed by atoms with E-state index in [4.69, 9.17) is 5.73 Å². The zero-order chi connectivity index (χ0) is 9.90. The molecule has 0 saturated heterocycles. The van der Waals surface area contributed by atoms with Gasteiger partial charge in [-0.15, -0.1) is 6.58 Å². The molecule has 0 fully saturated rings. The molecule has 1 atom stereocenters. The minimum absolute atomic E-state index is 0.0811. The second-order valence-corrected chi connectivity index (χ2v) is 2.75. The molecule has 1 aromatic rings. The molecule has 0 aliphatic carbocycles. The van der Waals surface area contributed by atoms with Gasteiger partial charge in [0, 0.05) is 5.56 Å². The monoisotopic (exact) mass is 183 g/mol. The van der Waals surface area contributed by atoms with Crippen molar-refractivity contribution in [2.45, 2.75) is 12.0 Å². The predicted octanol–water partition coefficient (Wildman–Crippen LogP) is 2.29. The molecular weight excluding hydrogens is 172 g/mol. The lowest BCUT2D eigenvalue weighted by molar-refractivity contribution is -0.0169. The molecule has 0 saturated carbocycles. The normalized spacial score (nSPS) is 13.8. The van der Waals surface area contributed by atoms with E-state index in [2.05, 4.69) is 6.58 Å². The van der Waals surface area contributed by atoms with Gasteiger partial charge in [0.1, 0.15) is 0 Å². The van der Waals surface area contributed by atoms with E-state index in [1.165, 1.54) is 12.1 Å². The maximum atomic E-state index is 13.4. The number of hydrogen-bond donors (Lipinski definition) is 1. The lowest BCUT2D eigenvalue weighted by atomic mass is 10.0. The summed E-state index contributed by atoms with van der Waals surface area (Å²) in [4.78, 5) is 0. The lowest BCUT2D eigenvalue weighted by Gasteiger charge is -2.20. The van der Waals surface area contributed by atoms with Crippen molar-refractivity contribution in [3.8, 4) is 0 Å². The van der Waals surface area contributed by atoms with E-state index < -0.39 is 12.0 Å². The van der Waals surface area contributed by atoms with Crippen molar-refractivity contribution in [3.63, 3.8) is 0 Å². The zero-order valence-electron chi connectivity index (χ0n) is 7.08. The number of benzene rings is 1. The van der Waals surface area contributed by atoms with Crippen LogP contribution in [-0.2, 0) is 5.92 Å². The molecule has 0 aromatic heterocycles. The van der Waals surface area contributed by atoms with Gasteiger partial charge in [0.05, 0.1) is 6.04 Å². The van der Waals surface area contributed by atoms with Crippen molar-refractivity contribution in [2.24, 2.45) is 5.73 Å². The number of rotatable bonds is 3. The van der Waals surface area contributed by atoms with Gasteiger partial charge < -0.3 is 5.73 Å². The SMILES string of the molecule is C=C[C@@H](N)C(F)(F)c1ccccc1. The van der Waals surface area contributed by atoms with Crippen LogP contribution in [0, 0.1) is 0 Å². The molecule has 0 spiro atoms. The molecule has 0 radical (unpaired) electrons. The molecule has 0 aliphatic rings. The van der Waals surface area contributed by atoms with E-state index in [0.717, 1.165) is 6.08 Å². The number of halogens is 2. The number of alkyl halides is 2. The Morgan fingerprint density at radius 1 is 1.31 bits per heavy atom. The fourth-order valence-corrected chi connectivity index (χ4v) is 1.00. The second-order valence-electron chi connectivity index (χ2n) is 2.75. The van der Waals surface area contributed by atoms with Crippen molar-refractivity contribution >= 4 is 0 Å². The predicted molar refractivity (Wildman–Crippen MR) is 48.5 cm³/mol. The topological polar surface area (TPSA) is 26.0 Å². The molecule has 1 rings (SSSR count). The Balaban J connectivity index is 3.00. The highest BCUT2D eigenvalue weighted by Gasteiger charge is 2.36. The molecule has 3 heteroatoms. The van der Waals surface area contributed by atoms with Crippen LogP contribution in [0.5, 0.6) is 0 Å². The van der Waals surface area contributed by atoms with Gasteiger partial charge in [0.15, 0.2) is 0 Å². The van der Waals surface area contributed by atoms with E-state index >= 15 is 0 Å². The highest BCUT2D eigenvalue weighted by atomic mass is 19.3. The van der Waals surface area contributed by atoms with Crippen LogP contribution in [0.3, 0.4) is 0 Å². The molecule has 0 amide bonds. The Morgan fingerprint density at radius 3 is 2.31 bits per heavy atom. The molecule has 0 heterocycles. The summed E-state index contributed by atoms with van der Waals surface area (Å²) in [5, 5.41) is 0. The average molecular weight is 183 g/mol. The Morgan fingerprint density at radius 2 is 1.85 bits per heavy atom. The molecular formula is C10H11F2N. The maximum Gasteiger partial charge on any atom is 0.291 e. The molecule has 70 valence electrons. The van der Waals surface area contributed by atoms with Crippen molar-refractivity contribution in [1.29, 1.82) is 0 Å². The van der Waals surface area contributed by atoms with Gasteiger partial charge >= 0.3 is 0 Å². The first-order chi connectivity index (χ1) is 6.09. The minimum Gasteiger partial charge on any atom is -0.319 e. The van der Waals surface area contributed by atoms with Gasteiger partial charge in [-0.1, -0.05) is 36.4 Å². The van der Waals surface area contributed by atoms with E-state index in [1.807, 2.05) is 0 Å². The van der Waals surface area contributed by atoms with Crippen molar-refractivity contribution in [3.05, 3.63) is 48.6 Å². The summed E-state index contributed by atoms with van der Waals surface area (Å²) < 4.78 is 26.7. The van der Waals surface area contributed by atoms with Crippen LogP contribution in [-0.4, -0.2) is 6.04 Å². The van der Waals surface area contributed by atoms with E-state index in [0.29, 0.717) is 0 Å². The summed E-state index contributed by atoms with van der Waals surface area (Å²) in [6, 6.07) is 6.15. The summed E-state index contributed by atoms with van der Waals surface area (Å²) in [6.07, 6.45) is 1.05. The Bertz CT molecular complexity index is 282. The summed E-state index contributed by atoms with van der Waals surface area (Å²) in [5.74, 6) is -3.04. The first-order valence-corrected chi connectivity index (χ1v) is 3.90. The van der Waals surface area contributed by atoms with Crippen LogP contribution in [0.2, 0.25) is 0 Å². The largest absolute Gasteiger partial charge is 0.319 e. The first-order valence-electron chi connectivity index (χ1n) is 3.90. The highest BCUT2D eigenvalue weighted by molar-refractivity contribution is 5.23. The van der Waals surface area contributed by atoms with Gasteiger partial charge in [0.2, 0.25) is 0 Å². The Hall–Kier alpha value is -1.22. The second kappa shape index (κ2) is 3.66. The third-order valence-corrected chi connectivity index (χ3v) is 1.83. The Kier molecular flexibility index (Phi) is 2.78. The van der Waals surface area contributed by atoms with Crippen molar-refractivity contribution < 1.29 is 8.78 Å². The molecule has 0 aliphatic heterocycles. The summed E-state index contributed by atoms with van der Waals surface area (Å²) in [6.45, 7) is 3.25. The van der Waals surface area contributed by atoms with Crippen LogP contribution in [0.15, 0.2) is 43.0 Å². The maximum absolute atomic E-state index is 13.4. The van der Waals surface area contributed by atoms with Crippen molar-refractivity contribution in [2.75, 3.05) is 0 Å². The first kappa shape index (κ1) is 9.86. The van der Waals surface area contributed by atoms with Crippen LogP contribution in [0.25, 0.3) is 0 Å². The van der Waals surface area contributed by atoms with Gasteiger partial charge in [-0.3, -0.25) is 0 Å². The summed E-state index contributed by atoms with van der Waals surface area (Å²) in [7, 11) is 0. The van der Waals surface area contributed by atoms with Crippen molar-refractivity contribution in [1.82, 2.24) is 0 Å². The zero-order valence-corrected chi connectivity index (χ0v) is 7.08. The van der Waals surface area contributed by atoms with Gasteiger partial charge in [-0.25, -0.2) is 0 Å². The summed E-state index contributed by atoms with van der Waals surface area (Å²) in [5.41, 5.74) is 5.13. The van der Waals surface area contributed by atoms with E-state index in [1.54, 1.807) is 18.2 Å². The smallest absolute Gasteiger partial charge is 0.291 e. The third kappa shape index (κ3) is 1.92. The van der Waals surface area contributed by atoms with Crippen LogP contribution in [0.1, 0.15) is 5.56 Å². The van der Waals surface area contributed by atoms with Gasteiger partial charge in [-0.2, -0.15) is 8.78 Å². The van der Waals surface area contributed by atoms with Crippen LogP contribution < -0.4 is 5.73 Å². The fraction of sp³-hybridized carbons (Fsp3) is 0.200. The lowest BCUT2D eigenvalue weighted by Crippen LogP contribution is -2.36. The number of hydrogen-bond acceptors (Lipinski definition) is 1. The van der Waals surface area contributed by atoms with E-state index in [9.17, 15) is 8.78 Å². The Labute approximate surface area is 75.9 Å². The van der Waals surface area contributed by atoms with E-state index in [-0.39, 0.29) is 5.56 Å². The van der Waals surface area contributed by atoms with Gasteiger partial charge in [-0.05, 0) is 0 Å². The molecule has 13 heavy (non-hydrogen) atoms. The quantitative estimate of drug-likeness (QED) is 0.715. The summed E-state index contributed by atoms with van der Waals surface area (Å²) >= 11 is 0. The molecule has 2 N–H and O–H groups in total. The van der Waals surface area contributed by atoms with Crippen LogP contribution in [0.4, 0.5) is 8.78 Å². The minimum atomic E-state index is -3.04. The fourth-order valence-electron chi connectivity index (χ4n) is 1.00. The van der Waals surface area contributed by atoms with Gasteiger partial charge in [0.25, 0.3) is 5.92 Å². The molecule has 1 aromatic carbocycles. The number of nitrogens with two attached hydrogens (primary N) is 1. The average Bonchev–Trinajstić information content (AvgIpc) is 2.18. The third-order valence-electron chi connectivity index (χ3n) is 1.83. The standard InChI is InChI=1S/C10H11F2N/c1-2-9(13)10(11,12)8-6-4-3-5-7-8/h2-7,9H,1,13H2/t9-/m1/s1. The molecule has 1 nitrogen and oxygen atoms in total. The molecule has 0 unspecified atom stereocenters.